The van der Waals surface area contributed by atoms with Gasteiger partial charge in [0.2, 0.25) is 10.0 Å². The molecule has 1 aromatic rings. The smallest absolute Gasteiger partial charge is 0.312 e. The lowest BCUT2D eigenvalue weighted by Crippen LogP contribution is -2.41. The molecule has 0 amide bonds. The van der Waals surface area contributed by atoms with Gasteiger partial charge in [0, 0.05) is 13.1 Å². The first-order valence-electron chi connectivity index (χ1n) is 5.74. The van der Waals surface area contributed by atoms with Gasteiger partial charge < -0.3 is 5.11 Å². The molecule has 18 heavy (non-hydrogen) atoms. The van der Waals surface area contributed by atoms with E-state index in [0.717, 1.165) is 5.56 Å². The molecule has 1 heterocycles. The van der Waals surface area contributed by atoms with Gasteiger partial charge in [0.25, 0.3) is 0 Å². The minimum Gasteiger partial charge on any atom is -0.481 e. The van der Waals surface area contributed by atoms with Gasteiger partial charge in [-0.25, -0.2) is 8.42 Å². The number of hydrogen-bond acceptors (Lipinski definition) is 3. The van der Waals surface area contributed by atoms with Crippen molar-refractivity contribution in [3.63, 3.8) is 0 Å². The van der Waals surface area contributed by atoms with Crippen LogP contribution in [0.3, 0.4) is 0 Å². The number of aliphatic carboxylic acids is 1. The summed E-state index contributed by atoms with van der Waals surface area (Å²) < 4.78 is 25.0. The Morgan fingerprint density at radius 2 is 2.11 bits per heavy atom. The van der Waals surface area contributed by atoms with E-state index in [1.165, 1.54) is 4.31 Å². The molecule has 0 fully saturated rings. The first-order chi connectivity index (χ1) is 8.45. The van der Waals surface area contributed by atoms with Crippen LogP contribution in [0.4, 0.5) is 0 Å². The van der Waals surface area contributed by atoms with Gasteiger partial charge in [-0.1, -0.05) is 24.3 Å². The van der Waals surface area contributed by atoms with E-state index in [9.17, 15) is 18.3 Å². The van der Waals surface area contributed by atoms with Gasteiger partial charge in [-0.15, -0.1) is 0 Å². The molecule has 6 heteroatoms. The zero-order chi connectivity index (χ0) is 13.3. The number of benzene rings is 1. The van der Waals surface area contributed by atoms with Gasteiger partial charge in [-0.2, -0.15) is 4.31 Å². The molecule has 0 aliphatic carbocycles. The van der Waals surface area contributed by atoms with Crippen LogP contribution in [0.25, 0.3) is 0 Å². The largest absolute Gasteiger partial charge is 0.481 e. The lowest BCUT2D eigenvalue weighted by Gasteiger charge is -2.31. The molecule has 1 N–H and O–H groups in total. The number of carbonyl (C=O) groups is 1. The van der Waals surface area contributed by atoms with E-state index < -0.39 is 21.9 Å². The first kappa shape index (κ1) is 13.0. The Bertz CT molecular complexity index is 567. The van der Waals surface area contributed by atoms with Crippen molar-refractivity contribution in [2.75, 3.05) is 12.3 Å². The number of carboxylic acids is 1. The molecule has 1 unspecified atom stereocenters. The topological polar surface area (TPSA) is 74.7 Å². The number of carboxylic acid groups (broad SMARTS) is 1. The molecular formula is C12H15NO4S. The summed E-state index contributed by atoms with van der Waals surface area (Å²) in [7, 11) is -3.36. The highest BCUT2D eigenvalue weighted by Gasteiger charge is 2.34. The molecule has 0 saturated heterocycles. The van der Waals surface area contributed by atoms with E-state index in [-0.39, 0.29) is 18.8 Å². The highest BCUT2D eigenvalue weighted by Crippen LogP contribution is 2.29. The maximum absolute atomic E-state index is 11.9. The van der Waals surface area contributed by atoms with Gasteiger partial charge >= 0.3 is 5.97 Å². The molecule has 0 aromatic heterocycles. The lowest BCUT2D eigenvalue weighted by atomic mass is 9.91. The predicted molar refractivity (Wildman–Crippen MR) is 66.7 cm³/mol. The van der Waals surface area contributed by atoms with Gasteiger partial charge in [0.15, 0.2) is 0 Å². The van der Waals surface area contributed by atoms with E-state index in [1.807, 2.05) is 0 Å². The normalized spacial score (nSPS) is 20.4. The summed E-state index contributed by atoms with van der Waals surface area (Å²) in [6.07, 6.45) is 0. The van der Waals surface area contributed by atoms with Crippen molar-refractivity contribution in [1.82, 2.24) is 4.31 Å². The second kappa shape index (κ2) is 4.70. The Kier molecular flexibility index (Phi) is 3.41. The molecular weight excluding hydrogens is 254 g/mol. The third-order valence-corrected chi connectivity index (χ3v) is 5.01. The number of hydrogen-bond donors (Lipinski definition) is 1. The van der Waals surface area contributed by atoms with Gasteiger partial charge in [-0.3, -0.25) is 4.79 Å². The maximum atomic E-state index is 11.9. The molecule has 1 aliphatic heterocycles. The lowest BCUT2D eigenvalue weighted by molar-refractivity contribution is -0.139. The quantitative estimate of drug-likeness (QED) is 0.889. The van der Waals surface area contributed by atoms with Gasteiger partial charge in [0.1, 0.15) is 0 Å². The molecule has 0 bridgehead atoms. The average Bonchev–Trinajstić information content (AvgIpc) is 2.37. The van der Waals surface area contributed by atoms with Crippen LogP contribution in [0, 0.1) is 0 Å². The third-order valence-electron chi connectivity index (χ3n) is 3.22. The van der Waals surface area contributed by atoms with E-state index in [0.29, 0.717) is 5.56 Å². The summed E-state index contributed by atoms with van der Waals surface area (Å²) in [5.74, 6) is -1.78. The van der Waals surface area contributed by atoms with Crippen molar-refractivity contribution in [2.45, 2.75) is 19.4 Å². The van der Waals surface area contributed by atoms with Crippen LogP contribution in [0.15, 0.2) is 24.3 Å². The highest BCUT2D eigenvalue weighted by atomic mass is 32.2. The van der Waals surface area contributed by atoms with Crippen molar-refractivity contribution in [2.24, 2.45) is 0 Å². The van der Waals surface area contributed by atoms with E-state index in [1.54, 1.807) is 31.2 Å². The second-order valence-corrected chi connectivity index (χ2v) is 6.54. The summed E-state index contributed by atoms with van der Waals surface area (Å²) in [5.41, 5.74) is 1.49. The molecule has 0 spiro atoms. The van der Waals surface area contributed by atoms with Crippen LogP contribution in [-0.2, 0) is 21.4 Å². The standard InChI is InChI=1S/C12H15NO4S/c1-2-18(16,17)13-7-9-5-3-4-6-10(9)11(8-13)12(14)15/h3-6,11H,2,7-8H2,1H3,(H,14,15). The zero-order valence-electron chi connectivity index (χ0n) is 10.0. The molecule has 2 rings (SSSR count). The Hall–Kier alpha value is -1.40. The number of fused-ring (bicyclic) bond motifs is 1. The summed E-state index contributed by atoms with van der Waals surface area (Å²) in [5, 5.41) is 9.22. The minimum absolute atomic E-state index is 0.0124. The summed E-state index contributed by atoms with van der Waals surface area (Å²) >= 11 is 0. The number of nitrogens with zero attached hydrogens (tertiary/aromatic N) is 1. The predicted octanol–water partition coefficient (Wildman–Crippen LogP) is 1.02. The van der Waals surface area contributed by atoms with Crippen LogP contribution in [0.2, 0.25) is 0 Å². The van der Waals surface area contributed by atoms with Crippen molar-refractivity contribution < 1.29 is 18.3 Å². The van der Waals surface area contributed by atoms with E-state index in [4.69, 9.17) is 0 Å². The second-order valence-electron chi connectivity index (χ2n) is 4.28. The monoisotopic (exact) mass is 269 g/mol. The molecule has 1 atom stereocenters. The highest BCUT2D eigenvalue weighted by molar-refractivity contribution is 7.89. The Morgan fingerprint density at radius 1 is 1.44 bits per heavy atom. The van der Waals surface area contributed by atoms with Crippen LogP contribution >= 0.6 is 0 Å². The SMILES string of the molecule is CCS(=O)(=O)N1Cc2ccccc2C(C(=O)O)C1. The third kappa shape index (κ3) is 2.26. The van der Waals surface area contributed by atoms with E-state index >= 15 is 0 Å². The molecule has 98 valence electrons. The van der Waals surface area contributed by atoms with Crippen LogP contribution in [0.5, 0.6) is 0 Å². The fourth-order valence-electron chi connectivity index (χ4n) is 2.18. The molecule has 0 radical (unpaired) electrons. The summed E-state index contributed by atoms with van der Waals surface area (Å²) in [6, 6.07) is 7.10. The Balaban J connectivity index is 2.44. The van der Waals surface area contributed by atoms with Crippen molar-refractivity contribution in [3.05, 3.63) is 35.4 Å². The fourth-order valence-corrected chi connectivity index (χ4v) is 3.26. The van der Waals surface area contributed by atoms with Gasteiger partial charge in [0.05, 0.1) is 11.7 Å². The Labute approximate surface area is 106 Å². The average molecular weight is 269 g/mol. The molecule has 0 saturated carbocycles. The van der Waals surface area contributed by atoms with Crippen LogP contribution < -0.4 is 0 Å². The number of sulfonamides is 1. The van der Waals surface area contributed by atoms with E-state index in [2.05, 4.69) is 0 Å². The van der Waals surface area contributed by atoms with Crippen LogP contribution in [-0.4, -0.2) is 36.1 Å². The maximum Gasteiger partial charge on any atom is 0.312 e. The molecule has 1 aromatic carbocycles. The minimum atomic E-state index is -3.36. The van der Waals surface area contributed by atoms with Gasteiger partial charge in [-0.05, 0) is 18.1 Å². The molecule has 1 aliphatic rings. The molecule has 5 nitrogen and oxygen atoms in total. The van der Waals surface area contributed by atoms with Crippen molar-refractivity contribution in [3.8, 4) is 0 Å². The zero-order valence-corrected chi connectivity index (χ0v) is 10.9. The first-order valence-corrected chi connectivity index (χ1v) is 7.35. The summed E-state index contributed by atoms with van der Waals surface area (Å²) in [4.78, 5) is 11.3. The van der Waals surface area contributed by atoms with Crippen molar-refractivity contribution in [1.29, 1.82) is 0 Å². The summed E-state index contributed by atoms with van der Waals surface area (Å²) in [6.45, 7) is 1.84. The number of rotatable bonds is 3. The fraction of sp³-hybridized carbons (Fsp3) is 0.417. The van der Waals surface area contributed by atoms with Crippen molar-refractivity contribution >= 4 is 16.0 Å². The Morgan fingerprint density at radius 3 is 2.72 bits per heavy atom. The van der Waals surface area contributed by atoms with Crippen LogP contribution in [0.1, 0.15) is 24.0 Å².